The van der Waals surface area contributed by atoms with E-state index >= 15 is 0 Å². The van der Waals surface area contributed by atoms with E-state index in [1.807, 2.05) is 0 Å². The highest BCUT2D eigenvalue weighted by molar-refractivity contribution is 4.53. The van der Waals surface area contributed by atoms with Gasteiger partial charge in [0.1, 0.15) is 0 Å². The molecule has 0 amide bonds. The Balaban J connectivity index is 3.00. The molecule has 2 N–H and O–H groups in total. The third kappa shape index (κ3) is 34.0. The Bertz CT molecular complexity index is 319. The van der Waals surface area contributed by atoms with Gasteiger partial charge in [0.2, 0.25) is 0 Å². The van der Waals surface area contributed by atoms with Crippen LogP contribution in [0.2, 0.25) is 0 Å². The van der Waals surface area contributed by atoms with Gasteiger partial charge in [0.25, 0.3) is 0 Å². The lowest BCUT2D eigenvalue weighted by Crippen LogP contribution is -1.97. The monoisotopic (exact) mass is 508 g/mol. The minimum Gasteiger partial charge on any atom is -0.330 e. The Hall–Kier alpha value is -0.0400. The van der Waals surface area contributed by atoms with Crippen molar-refractivity contribution in [3.8, 4) is 0 Å². The van der Waals surface area contributed by atoms with Gasteiger partial charge in [-0.1, -0.05) is 212 Å². The van der Waals surface area contributed by atoms with Crippen LogP contribution in [0.5, 0.6) is 0 Å². The fourth-order valence-corrected chi connectivity index (χ4v) is 5.70. The molecule has 218 valence electrons. The van der Waals surface area contributed by atoms with Gasteiger partial charge < -0.3 is 5.73 Å². The van der Waals surface area contributed by atoms with Crippen LogP contribution < -0.4 is 5.73 Å². The number of hydrogen-bond acceptors (Lipinski definition) is 1. The van der Waals surface area contributed by atoms with Crippen LogP contribution >= 0.6 is 0 Å². The zero-order chi connectivity index (χ0) is 26.0. The molecule has 0 aliphatic heterocycles. The van der Waals surface area contributed by atoms with Gasteiger partial charge in [-0.25, -0.2) is 0 Å². The summed E-state index contributed by atoms with van der Waals surface area (Å²) in [4.78, 5) is 0. The van der Waals surface area contributed by atoms with E-state index in [-0.39, 0.29) is 0 Å². The minimum absolute atomic E-state index is 0.875. The second-order valence-electron chi connectivity index (χ2n) is 12.1. The van der Waals surface area contributed by atoms with Crippen molar-refractivity contribution in [1.29, 1.82) is 0 Å². The van der Waals surface area contributed by atoms with Crippen LogP contribution in [0, 0.1) is 0 Å². The summed E-state index contributed by atoms with van der Waals surface area (Å²) in [5, 5.41) is 0. The molecule has 0 aliphatic carbocycles. The largest absolute Gasteiger partial charge is 0.330 e. The Kier molecular flexibility index (Phi) is 34.9. The molecule has 0 radical (unpaired) electrons. The van der Waals surface area contributed by atoms with E-state index in [0.29, 0.717) is 0 Å². The van der Waals surface area contributed by atoms with Crippen molar-refractivity contribution in [1.82, 2.24) is 0 Å². The Morgan fingerprint density at radius 3 is 0.500 bits per heavy atom. The van der Waals surface area contributed by atoms with Gasteiger partial charge in [-0.05, 0) is 13.0 Å². The smallest absolute Gasteiger partial charge is 0.00773 e. The average molecular weight is 508 g/mol. The SMILES string of the molecule is CCCCCCCCCCCCCCCCCCCCCCCCCCCCCCCCCCCN. The average Bonchev–Trinajstić information content (AvgIpc) is 2.89. The summed E-state index contributed by atoms with van der Waals surface area (Å²) >= 11 is 0. The van der Waals surface area contributed by atoms with E-state index in [4.69, 9.17) is 5.73 Å². The lowest BCUT2D eigenvalue weighted by Gasteiger charge is -2.05. The van der Waals surface area contributed by atoms with Crippen molar-refractivity contribution in [3.63, 3.8) is 0 Å². The summed E-state index contributed by atoms with van der Waals surface area (Å²) in [6.45, 7) is 3.18. The van der Waals surface area contributed by atoms with Crippen LogP contribution in [-0.2, 0) is 0 Å². The molecule has 0 unspecified atom stereocenters. The van der Waals surface area contributed by atoms with Gasteiger partial charge in [-0.15, -0.1) is 0 Å². The predicted molar refractivity (Wildman–Crippen MR) is 167 cm³/mol. The van der Waals surface area contributed by atoms with Crippen molar-refractivity contribution < 1.29 is 0 Å². The molecule has 0 saturated carbocycles. The Morgan fingerprint density at radius 1 is 0.222 bits per heavy atom. The number of nitrogens with two attached hydrogens (primary N) is 1. The van der Waals surface area contributed by atoms with Gasteiger partial charge in [0.05, 0.1) is 0 Å². The van der Waals surface area contributed by atoms with Crippen molar-refractivity contribution in [2.75, 3.05) is 6.54 Å². The molecule has 0 aromatic carbocycles. The summed E-state index contributed by atoms with van der Waals surface area (Å²) in [7, 11) is 0. The normalized spacial score (nSPS) is 11.5. The molecule has 1 heteroatoms. The molecule has 0 spiro atoms. The minimum atomic E-state index is 0.875. The molecule has 1 nitrogen and oxygen atoms in total. The molecule has 0 aromatic rings. The van der Waals surface area contributed by atoms with Crippen LogP contribution in [0.4, 0.5) is 0 Å². The van der Waals surface area contributed by atoms with Crippen LogP contribution in [0.3, 0.4) is 0 Å². The first-order valence-corrected chi connectivity index (χ1v) is 17.6. The van der Waals surface area contributed by atoms with E-state index in [0.717, 1.165) is 6.54 Å². The van der Waals surface area contributed by atoms with Crippen LogP contribution in [0.1, 0.15) is 219 Å². The number of rotatable bonds is 33. The summed E-state index contributed by atoms with van der Waals surface area (Å²) in [6, 6.07) is 0. The topological polar surface area (TPSA) is 26.0 Å². The maximum Gasteiger partial charge on any atom is -0.00773 e. The maximum atomic E-state index is 5.54. The van der Waals surface area contributed by atoms with E-state index in [1.54, 1.807) is 0 Å². The summed E-state index contributed by atoms with van der Waals surface area (Å²) in [5.41, 5.74) is 5.54. The zero-order valence-electron chi connectivity index (χ0n) is 25.6. The van der Waals surface area contributed by atoms with Gasteiger partial charge in [-0.3, -0.25) is 0 Å². The molecular weight excluding hydrogens is 434 g/mol. The zero-order valence-corrected chi connectivity index (χ0v) is 25.6. The van der Waals surface area contributed by atoms with E-state index in [9.17, 15) is 0 Å². The predicted octanol–water partition coefficient (Wildman–Crippen LogP) is 12.8. The summed E-state index contributed by atoms with van der Waals surface area (Å²) in [5.74, 6) is 0. The van der Waals surface area contributed by atoms with Gasteiger partial charge in [-0.2, -0.15) is 0 Å². The first kappa shape index (κ1) is 36.0. The quantitative estimate of drug-likeness (QED) is 0.0878. The molecule has 0 aliphatic rings. The second-order valence-corrected chi connectivity index (χ2v) is 12.1. The van der Waals surface area contributed by atoms with Crippen molar-refractivity contribution in [2.45, 2.75) is 219 Å². The molecule has 0 aromatic heterocycles. The lowest BCUT2D eigenvalue weighted by molar-refractivity contribution is 0.511. The standard InChI is InChI=1S/C35H73N/c1-2-3-4-5-6-7-8-9-10-11-12-13-14-15-16-17-18-19-20-21-22-23-24-25-26-27-28-29-30-31-32-33-34-35-36/h2-36H2,1H3. The molecule has 0 rings (SSSR count). The maximum absolute atomic E-state index is 5.54. The summed E-state index contributed by atoms with van der Waals surface area (Å²) < 4.78 is 0. The first-order valence-electron chi connectivity index (χ1n) is 17.6. The van der Waals surface area contributed by atoms with Crippen molar-refractivity contribution in [3.05, 3.63) is 0 Å². The highest BCUT2D eigenvalue weighted by Gasteiger charge is 1.97. The molecule has 0 heterocycles. The van der Waals surface area contributed by atoms with E-state index in [1.165, 1.54) is 212 Å². The highest BCUT2D eigenvalue weighted by Crippen LogP contribution is 2.16. The Morgan fingerprint density at radius 2 is 0.361 bits per heavy atom. The van der Waals surface area contributed by atoms with Gasteiger partial charge in [0.15, 0.2) is 0 Å². The number of hydrogen-bond donors (Lipinski definition) is 1. The molecule has 36 heavy (non-hydrogen) atoms. The fraction of sp³-hybridized carbons (Fsp3) is 1.00. The van der Waals surface area contributed by atoms with Crippen LogP contribution in [-0.4, -0.2) is 6.54 Å². The highest BCUT2D eigenvalue weighted by atomic mass is 14.5. The molecule has 0 saturated heterocycles. The van der Waals surface area contributed by atoms with Crippen molar-refractivity contribution in [2.24, 2.45) is 5.73 Å². The van der Waals surface area contributed by atoms with Gasteiger partial charge in [0, 0.05) is 0 Å². The molecular formula is C35H73N. The van der Waals surface area contributed by atoms with Crippen molar-refractivity contribution >= 4 is 0 Å². The second kappa shape index (κ2) is 35.0. The third-order valence-electron chi connectivity index (χ3n) is 8.31. The molecule has 0 fully saturated rings. The third-order valence-corrected chi connectivity index (χ3v) is 8.31. The first-order chi connectivity index (χ1) is 17.9. The fourth-order valence-electron chi connectivity index (χ4n) is 5.70. The molecule has 0 bridgehead atoms. The summed E-state index contributed by atoms with van der Waals surface area (Å²) in [6.07, 6.45) is 48.3. The van der Waals surface area contributed by atoms with Gasteiger partial charge >= 0.3 is 0 Å². The molecule has 0 atom stereocenters. The number of unbranched alkanes of at least 4 members (excludes halogenated alkanes) is 32. The Labute approximate surface area is 230 Å². The van der Waals surface area contributed by atoms with Crippen LogP contribution in [0.25, 0.3) is 0 Å². The van der Waals surface area contributed by atoms with E-state index < -0.39 is 0 Å². The lowest BCUT2D eigenvalue weighted by atomic mass is 10.0. The van der Waals surface area contributed by atoms with E-state index in [2.05, 4.69) is 6.92 Å². The van der Waals surface area contributed by atoms with Crippen LogP contribution in [0.15, 0.2) is 0 Å².